The fourth-order valence-electron chi connectivity index (χ4n) is 0.678. The molecule has 1 rings (SSSR count). The molecule has 1 aromatic heterocycles. The first-order chi connectivity index (χ1) is 6.03. The smallest absolute Gasteiger partial charge is 0.222 e. The van der Waals surface area contributed by atoms with Crippen molar-refractivity contribution in [2.45, 2.75) is 6.54 Å². The summed E-state index contributed by atoms with van der Waals surface area (Å²) in [5.74, 6) is 0.451. The maximum Gasteiger partial charge on any atom is 0.222 e. The summed E-state index contributed by atoms with van der Waals surface area (Å²) >= 11 is 2.85. The van der Waals surface area contributed by atoms with Crippen molar-refractivity contribution in [2.24, 2.45) is 7.05 Å². The Morgan fingerprint density at radius 3 is 2.85 bits per heavy atom. The average molecular weight is 269 g/mol. The van der Waals surface area contributed by atoms with Gasteiger partial charge in [-0.3, -0.25) is 4.68 Å². The number of rotatable bonds is 4. The molecule has 13 heavy (non-hydrogen) atoms. The van der Waals surface area contributed by atoms with Crippen LogP contribution in [0.25, 0.3) is 0 Å². The van der Waals surface area contributed by atoms with Gasteiger partial charge in [-0.25, -0.2) is 18.1 Å². The Balaban J connectivity index is 2.53. The molecule has 0 spiro atoms. The van der Waals surface area contributed by atoms with Gasteiger partial charge in [0.05, 0.1) is 6.54 Å². The molecule has 0 saturated heterocycles. The number of hydrogen-bond donors (Lipinski definition) is 1. The zero-order chi connectivity index (χ0) is 9.90. The molecule has 0 aliphatic carbocycles. The van der Waals surface area contributed by atoms with Gasteiger partial charge in [0.2, 0.25) is 10.0 Å². The topological polar surface area (TPSA) is 76.9 Å². The number of alkyl halides is 1. The lowest BCUT2D eigenvalue weighted by Crippen LogP contribution is -2.24. The monoisotopic (exact) mass is 268 g/mol. The van der Waals surface area contributed by atoms with Crippen molar-refractivity contribution in [3.8, 4) is 0 Å². The number of halogens is 1. The average Bonchev–Trinajstić information content (AvgIpc) is 2.48. The summed E-state index contributed by atoms with van der Waals surface area (Å²) in [6.45, 7) is 0.120. The van der Waals surface area contributed by atoms with E-state index in [1.807, 2.05) is 0 Å². The van der Waals surface area contributed by atoms with E-state index >= 15 is 0 Å². The summed E-state index contributed by atoms with van der Waals surface area (Å²) in [5, 5.41) is 3.91. The molecule has 0 aromatic carbocycles. The van der Waals surface area contributed by atoms with Crippen molar-refractivity contribution >= 4 is 26.0 Å². The van der Waals surface area contributed by atoms with Crippen LogP contribution in [0.2, 0.25) is 0 Å². The maximum absolute atomic E-state index is 11.0. The van der Waals surface area contributed by atoms with Crippen LogP contribution in [0.4, 0.5) is 0 Å². The van der Waals surface area contributed by atoms with E-state index in [0.717, 1.165) is 0 Å². The van der Waals surface area contributed by atoms with Crippen LogP contribution < -0.4 is 4.72 Å². The van der Waals surface area contributed by atoms with Crippen molar-refractivity contribution in [1.82, 2.24) is 19.5 Å². The number of aryl methyl sites for hydroxylation is 1. The number of nitrogens with one attached hydrogen (secondary N) is 1. The minimum Gasteiger partial charge on any atom is -0.256 e. The van der Waals surface area contributed by atoms with Gasteiger partial charge in [-0.1, -0.05) is 15.9 Å². The minimum atomic E-state index is -3.23. The van der Waals surface area contributed by atoms with Crippen LogP contribution in [-0.4, -0.2) is 27.8 Å². The largest absolute Gasteiger partial charge is 0.256 e. The summed E-state index contributed by atoms with van der Waals surface area (Å²) in [5.41, 5.74) is 0. The fourth-order valence-corrected chi connectivity index (χ4v) is 1.59. The van der Waals surface area contributed by atoms with Gasteiger partial charge < -0.3 is 0 Å². The van der Waals surface area contributed by atoms with Gasteiger partial charge in [0.25, 0.3) is 0 Å². The maximum atomic E-state index is 11.0. The van der Waals surface area contributed by atoms with Gasteiger partial charge in [0.15, 0.2) is 5.82 Å². The molecular formula is C5H9BrN4O2S. The van der Waals surface area contributed by atoms with E-state index in [1.54, 1.807) is 7.05 Å². The third-order valence-electron chi connectivity index (χ3n) is 1.24. The molecule has 6 nitrogen and oxygen atoms in total. The van der Waals surface area contributed by atoms with E-state index in [-0.39, 0.29) is 11.2 Å². The third-order valence-corrected chi connectivity index (χ3v) is 3.92. The second kappa shape index (κ2) is 4.16. The van der Waals surface area contributed by atoms with Gasteiger partial charge in [-0.05, 0) is 0 Å². The van der Waals surface area contributed by atoms with Crippen molar-refractivity contribution in [3.63, 3.8) is 0 Å². The molecule has 0 unspecified atom stereocenters. The Morgan fingerprint density at radius 2 is 2.38 bits per heavy atom. The normalized spacial score (nSPS) is 11.8. The lowest BCUT2D eigenvalue weighted by Gasteiger charge is -1.99. The predicted molar refractivity (Wildman–Crippen MR) is 50.6 cm³/mol. The van der Waals surface area contributed by atoms with Crippen LogP contribution in [0.3, 0.4) is 0 Å². The summed E-state index contributed by atoms with van der Waals surface area (Å²) in [6, 6.07) is 0. The quantitative estimate of drug-likeness (QED) is 0.754. The zero-order valence-electron chi connectivity index (χ0n) is 6.94. The van der Waals surface area contributed by atoms with E-state index in [0.29, 0.717) is 5.82 Å². The van der Waals surface area contributed by atoms with Crippen LogP contribution >= 0.6 is 15.9 Å². The summed E-state index contributed by atoms with van der Waals surface area (Å²) in [6.07, 6.45) is 1.51. The summed E-state index contributed by atoms with van der Waals surface area (Å²) in [4.78, 5) is 3.86. The van der Waals surface area contributed by atoms with E-state index in [1.165, 1.54) is 11.0 Å². The molecule has 0 aliphatic heterocycles. The Hall–Kier alpha value is -0.470. The highest BCUT2D eigenvalue weighted by molar-refractivity contribution is 9.10. The second-order valence-corrected chi connectivity index (χ2v) is 5.49. The lowest BCUT2D eigenvalue weighted by molar-refractivity contribution is 0.584. The Labute approximate surface area is 84.5 Å². The molecule has 74 valence electrons. The number of sulfonamides is 1. The van der Waals surface area contributed by atoms with Gasteiger partial charge >= 0.3 is 0 Å². The van der Waals surface area contributed by atoms with E-state index in [4.69, 9.17) is 0 Å². The standard InChI is InChI=1S/C5H9BrN4O2S/c1-10-4-7-5(9-10)2-8-13(11,12)3-6/h4,8H,2-3H2,1H3. The Morgan fingerprint density at radius 1 is 1.69 bits per heavy atom. The highest BCUT2D eigenvalue weighted by Crippen LogP contribution is 1.93. The first-order valence-corrected chi connectivity index (χ1v) is 6.19. The van der Waals surface area contributed by atoms with E-state index < -0.39 is 10.0 Å². The second-order valence-electron chi connectivity index (χ2n) is 2.38. The first kappa shape index (κ1) is 10.6. The van der Waals surface area contributed by atoms with Gasteiger partial charge in [-0.2, -0.15) is 5.10 Å². The van der Waals surface area contributed by atoms with E-state index in [9.17, 15) is 8.42 Å². The van der Waals surface area contributed by atoms with Crippen LogP contribution in [0.15, 0.2) is 6.33 Å². The molecule has 0 radical (unpaired) electrons. The molecule has 0 saturated carbocycles. The van der Waals surface area contributed by atoms with Crippen LogP contribution in [-0.2, 0) is 23.6 Å². The molecule has 8 heteroatoms. The van der Waals surface area contributed by atoms with Gasteiger partial charge in [0, 0.05) is 7.05 Å². The molecule has 0 atom stereocenters. The molecule has 1 heterocycles. The zero-order valence-corrected chi connectivity index (χ0v) is 9.34. The molecule has 1 N–H and O–H groups in total. The molecule has 1 aromatic rings. The van der Waals surface area contributed by atoms with Crippen molar-refractivity contribution in [1.29, 1.82) is 0 Å². The van der Waals surface area contributed by atoms with Gasteiger partial charge in [0.1, 0.15) is 11.0 Å². The number of aromatic nitrogens is 3. The van der Waals surface area contributed by atoms with Crippen LogP contribution in [0.5, 0.6) is 0 Å². The molecule has 0 fully saturated rings. The number of hydrogen-bond acceptors (Lipinski definition) is 4. The molecule has 0 aliphatic rings. The predicted octanol–water partition coefficient (Wildman–Crippen LogP) is -0.413. The van der Waals surface area contributed by atoms with Crippen LogP contribution in [0, 0.1) is 0 Å². The Bertz CT molecular complexity index is 374. The van der Waals surface area contributed by atoms with E-state index in [2.05, 4.69) is 30.7 Å². The van der Waals surface area contributed by atoms with Crippen LogP contribution in [0.1, 0.15) is 5.82 Å². The minimum absolute atomic E-state index is 0.118. The Kier molecular flexibility index (Phi) is 3.40. The summed E-state index contributed by atoms with van der Waals surface area (Å²) < 4.78 is 25.6. The number of nitrogens with zero attached hydrogens (tertiary/aromatic N) is 3. The van der Waals surface area contributed by atoms with Crippen molar-refractivity contribution in [2.75, 3.05) is 4.66 Å². The highest BCUT2D eigenvalue weighted by Gasteiger charge is 2.08. The molecule has 0 bridgehead atoms. The van der Waals surface area contributed by atoms with Gasteiger partial charge in [-0.15, -0.1) is 0 Å². The highest BCUT2D eigenvalue weighted by atomic mass is 79.9. The fraction of sp³-hybridized carbons (Fsp3) is 0.600. The molecule has 0 amide bonds. The SMILES string of the molecule is Cn1cnc(CNS(=O)(=O)CBr)n1. The van der Waals surface area contributed by atoms with Crippen molar-refractivity contribution < 1.29 is 8.42 Å². The third kappa shape index (κ3) is 3.41. The van der Waals surface area contributed by atoms with Crippen molar-refractivity contribution in [3.05, 3.63) is 12.2 Å². The molecular weight excluding hydrogens is 260 g/mol. The first-order valence-electron chi connectivity index (χ1n) is 3.41. The lowest BCUT2D eigenvalue weighted by atomic mass is 10.6. The summed E-state index contributed by atoms with van der Waals surface area (Å²) in [7, 11) is -1.51.